The van der Waals surface area contributed by atoms with E-state index in [4.69, 9.17) is 4.98 Å². The van der Waals surface area contributed by atoms with E-state index in [9.17, 15) is 0 Å². The topological polar surface area (TPSA) is 30.2 Å². The van der Waals surface area contributed by atoms with Crippen molar-refractivity contribution in [3.05, 3.63) is 16.4 Å². The highest BCUT2D eigenvalue weighted by molar-refractivity contribution is 7.16. The van der Waals surface area contributed by atoms with Crippen molar-refractivity contribution in [3.8, 4) is 0 Å². The number of hydrogen-bond acceptors (Lipinski definition) is 3. The van der Waals surface area contributed by atoms with Crippen LogP contribution in [0.2, 0.25) is 0 Å². The lowest BCUT2D eigenvalue weighted by molar-refractivity contribution is 0.520. The summed E-state index contributed by atoms with van der Waals surface area (Å²) in [5, 5.41) is 5.64. The maximum Gasteiger partial charge on any atom is 0.212 e. The van der Waals surface area contributed by atoms with E-state index in [0.717, 1.165) is 16.4 Å². The summed E-state index contributed by atoms with van der Waals surface area (Å²) in [6.45, 7) is 4.30. The quantitative estimate of drug-likeness (QED) is 0.741. The van der Waals surface area contributed by atoms with Gasteiger partial charge in [0.2, 0.25) is 4.96 Å². The molecule has 0 saturated carbocycles. The fourth-order valence-corrected chi connectivity index (χ4v) is 3.28. The van der Waals surface area contributed by atoms with Gasteiger partial charge in [0.05, 0.1) is 11.4 Å². The third-order valence-corrected chi connectivity index (χ3v) is 4.10. The Labute approximate surface area is 93.1 Å². The van der Waals surface area contributed by atoms with Gasteiger partial charge in [0, 0.05) is 5.92 Å². The highest BCUT2D eigenvalue weighted by Crippen LogP contribution is 2.34. The molecule has 0 aliphatic heterocycles. The summed E-state index contributed by atoms with van der Waals surface area (Å²) in [5.74, 6) is 0.669. The van der Waals surface area contributed by atoms with Crippen molar-refractivity contribution >= 4 is 16.3 Å². The third-order valence-electron chi connectivity index (χ3n) is 3.27. The molecule has 0 N–H and O–H groups in total. The molecule has 1 aliphatic rings. The van der Waals surface area contributed by atoms with Gasteiger partial charge in [-0.05, 0) is 32.6 Å². The zero-order valence-corrected chi connectivity index (χ0v) is 9.97. The van der Waals surface area contributed by atoms with Crippen LogP contribution in [0, 0.1) is 6.92 Å². The molecule has 80 valence electrons. The predicted octanol–water partition coefficient (Wildman–Crippen LogP) is 2.93. The SMILES string of the molecule is CCC1CCCc2c1nc1sc(C)nn21. The van der Waals surface area contributed by atoms with Gasteiger partial charge in [0.25, 0.3) is 0 Å². The van der Waals surface area contributed by atoms with Crippen LogP contribution in [0.4, 0.5) is 0 Å². The predicted molar refractivity (Wildman–Crippen MR) is 61.6 cm³/mol. The van der Waals surface area contributed by atoms with E-state index < -0.39 is 0 Å². The van der Waals surface area contributed by atoms with Crippen LogP contribution in [-0.2, 0) is 6.42 Å². The summed E-state index contributed by atoms with van der Waals surface area (Å²) in [5.41, 5.74) is 2.69. The molecule has 2 heterocycles. The third kappa shape index (κ3) is 1.31. The van der Waals surface area contributed by atoms with E-state index in [1.165, 1.54) is 30.7 Å². The maximum absolute atomic E-state index is 4.75. The van der Waals surface area contributed by atoms with Crippen LogP contribution in [-0.4, -0.2) is 14.6 Å². The monoisotopic (exact) mass is 221 g/mol. The van der Waals surface area contributed by atoms with Crippen LogP contribution in [0.25, 0.3) is 4.96 Å². The molecule has 2 aromatic rings. The van der Waals surface area contributed by atoms with Crippen LogP contribution in [0.1, 0.15) is 48.5 Å². The van der Waals surface area contributed by atoms with Crippen molar-refractivity contribution < 1.29 is 0 Å². The Hall–Kier alpha value is -0.900. The molecule has 0 spiro atoms. The number of nitrogens with zero attached hydrogens (tertiary/aromatic N) is 3. The van der Waals surface area contributed by atoms with Gasteiger partial charge in [0.15, 0.2) is 0 Å². The number of aromatic nitrogens is 3. The Kier molecular flexibility index (Phi) is 2.06. The van der Waals surface area contributed by atoms with Gasteiger partial charge < -0.3 is 0 Å². The molecular weight excluding hydrogens is 206 g/mol. The first-order chi connectivity index (χ1) is 7.29. The highest BCUT2D eigenvalue weighted by Gasteiger charge is 2.25. The minimum absolute atomic E-state index is 0.669. The first kappa shape index (κ1) is 9.33. The van der Waals surface area contributed by atoms with E-state index >= 15 is 0 Å². The molecule has 15 heavy (non-hydrogen) atoms. The molecule has 0 bridgehead atoms. The second kappa shape index (κ2) is 3.30. The molecular formula is C11H15N3S. The van der Waals surface area contributed by atoms with E-state index in [2.05, 4.69) is 16.5 Å². The molecule has 2 aromatic heterocycles. The lowest BCUT2D eigenvalue weighted by atomic mass is 9.88. The second-order valence-corrected chi connectivity index (χ2v) is 5.42. The Bertz CT molecular complexity index is 497. The molecule has 3 rings (SSSR count). The van der Waals surface area contributed by atoms with Crippen molar-refractivity contribution in [2.45, 2.75) is 45.4 Å². The highest BCUT2D eigenvalue weighted by atomic mass is 32.1. The van der Waals surface area contributed by atoms with Crippen LogP contribution in [0.3, 0.4) is 0 Å². The van der Waals surface area contributed by atoms with E-state index in [-0.39, 0.29) is 0 Å². The van der Waals surface area contributed by atoms with Gasteiger partial charge in [-0.15, -0.1) is 0 Å². The van der Waals surface area contributed by atoms with Crippen LogP contribution in [0.5, 0.6) is 0 Å². The molecule has 1 atom stereocenters. The molecule has 0 fully saturated rings. The van der Waals surface area contributed by atoms with Gasteiger partial charge in [-0.25, -0.2) is 9.50 Å². The second-order valence-electron chi connectivity index (χ2n) is 4.26. The van der Waals surface area contributed by atoms with Crippen molar-refractivity contribution in [3.63, 3.8) is 0 Å². The number of hydrogen-bond donors (Lipinski definition) is 0. The summed E-state index contributed by atoms with van der Waals surface area (Å²) >= 11 is 1.70. The minimum Gasteiger partial charge on any atom is -0.222 e. The van der Waals surface area contributed by atoms with Gasteiger partial charge in [-0.3, -0.25) is 0 Å². The Balaban J connectivity index is 2.21. The van der Waals surface area contributed by atoms with Crippen LogP contribution >= 0.6 is 11.3 Å². The summed E-state index contributed by atoms with van der Waals surface area (Å²) in [6, 6.07) is 0. The number of fused-ring (bicyclic) bond motifs is 3. The average Bonchev–Trinajstić information content (AvgIpc) is 2.73. The molecule has 0 saturated heterocycles. The average molecular weight is 221 g/mol. The maximum atomic E-state index is 4.75. The smallest absolute Gasteiger partial charge is 0.212 e. The van der Waals surface area contributed by atoms with Gasteiger partial charge in [0.1, 0.15) is 5.01 Å². The molecule has 0 amide bonds. The molecule has 1 unspecified atom stereocenters. The number of aryl methyl sites for hydroxylation is 2. The standard InChI is InChI=1S/C11H15N3S/c1-3-8-5-4-6-9-10(8)12-11-14(9)13-7(2)15-11/h8H,3-6H2,1-2H3. The van der Waals surface area contributed by atoms with Gasteiger partial charge in [-0.1, -0.05) is 18.3 Å². The number of rotatable bonds is 1. The Morgan fingerprint density at radius 2 is 2.40 bits per heavy atom. The van der Waals surface area contributed by atoms with Crippen LogP contribution < -0.4 is 0 Å². The van der Waals surface area contributed by atoms with E-state index in [1.54, 1.807) is 11.3 Å². The summed E-state index contributed by atoms with van der Waals surface area (Å²) in [6.07, 6.45) is 4.94. The molecule has 1 aliphatic carbocycles. The van der Waals surface area contributed by atoms with Gasteiger partial charge in [-0.2, -0.15) is 5.10 Å². The largest absolute Gasteiger partial charge is 0.222 e. The fraction of sp³-hybridized carbons (Fsp3) is 0.636. The zero-order chi connectivity index (χ0) is 10.4. The van der Waals surface area contributed by atoms with Crippen molar-refractivity contribution in [1.82, 2.24) is 14.6 Å². The van der Waals surface area contributed by atoms with Crippen molar-refractivity contribution in [1.29, 1.82) is 0 Å². The van der Waals surface area contributed by atoms with E-state index in [0.29, 0.717) is 5.92 Å². The Morgan fingerprint density at radius 3 is 3.20 bits per heavy atom. The summed E-state index contributed by atoms with van der Waals surface area (Å²) in [4.78, 5) is 5.83. The van der Waals surface area contributed by atoms with Crippen molar-refractivity contribution in [2.24, 2.45) is 0 Å². The van der Waals surface area contributed by atoms with Crippen LogP contribution in [0.15, 0.2) is 0 Å². The summed E-state index contributed by atoms with van der Waals surface area (Å²) in [7, 11) is 0. The molecule has 0 aromatic carbocycles. The lowest BCUT2D eigenvalue weighted by Crippen LogP contribution is -2.10. The van der Waals surface area contributed by atoms with E-state index in [1.807, 2.05) is 6.92 Å². The minimum atomic E-state index is 0.669. The zero-order valence-electron chi connectivity index (χ0n) is 9.16. The Morgan fingerprint density at radius 1 is 1.53 bits per heavy atom. The molecule has 4 heteroatoms. The van der Waals surface area contributed by atoms with Crippen molar-refractivity contribution in [2.75, 3.05) is 0 Å². The fourth-order valence-electron chi connectivity index (χ4n) is 2.51. The first-order valence-corrected chi connectivity index (χ1v) is 6.46. The normalized spacial score (nSPS) is 20.8. The lowest BCUT2D eigenvalue weighted by Gasteiger charge is -2.19. The van der Waals surface area contributed by atoms with Gasteiger partial charge >= 0.3 is 0 Å². The first-order valence-electron chi connectivity index (χ1n) is 5.64. The molecule has 0 radical (unpaired) electrons. The summed E-state index contributed by atoms with van der Waals surface area (Å²) < 4.78 is 2.07. The molecule has 3 nitrogen and oxygen atoms in total. The number of imidazole rings is 1.